The number of ketones is 1. The zero-order valence-corrected chi connectivity index (χ0v) is 13.9. The SMILES string of the molecule is CC(=O)CC(=O)Nc1ccc(Oc2c(C)cc(C)cc2C)cc1. The Bertz CT molecular complexity index is 710. The Morgan fingerprint density at radius 3 is 2.09 bits per heavy atom. The lowest BCUT2D eigenvalue weighted by atomic mass is 10.1. The van der Waals surface area contributed by atoms with E-state index in [1.807, 2.05) is 13.8 Å². The van der Waals surface area contributed by atoms with Crippen molar-refractivity contribution in [2.24, 2.45) is 0 Å². The largest absolute Gasteiger partial charge is 0.457 e. The first-order chi connectivity index (χ1) is 10.8. The lowest BCUT2D eigenvalue weighted by Crippen LogP contribution is -2.14. The van der Waals surface area contributed by atoms with Gasteiger partial charge in [0, 0.05) is 5.69 Å². The molecule has 2 aromatic carbocycles. The van der Waals surface area contributed by atoms with Gasteiger partial charge in [0.2, 0.25) is 5.91 Å². The molecule has 0 aliphatic rings. The highest BCUT2D eigenvalue weighted by Gasteiger charge is 2.08. The third-order valence-corrected chi connectivity index (χ3v) is 3.37. The molecule has 23 heavy (non-hydrogen) atoms. The number of carbonyl (C=O) groups excluding carboxylic acids is 2. The zero-order valence-electron chi connectivity index (χ0n) is 13.9. The van der Waals surface area contributed by atoms with Crippen molar-refractivity contribution in [1.29, 1.82) is 0 Å². The number of ether oxygens (including phenoxy) is 1. The van der Waals surface area contributed by atoms with Crippen LogP contribution in [0.15, 0.2) is 36.4 Å². The van der Waals surface area contributed by atoms with Crippen LogP contribution in [-0.2, 0) is 9.59 Å². The fourth-order valence-electron chi connectivity index (χ4n) is 2.48. The van der Waals surface area contributed by atoms with Gasteiger partial charge in [0.05, 0.1) is 6.42 Å². The maximum absolute atomic E-state index is 11.6. The van der Waals surface area contributed by atoms with Crippen LogP contribution in [-0.4, -0.2) is 11.7 Å². The Hall–Kier alpha value is -2.62. The summed E-state index contributed by atoms with van der Waals surface area (Å²) >= 11 is 0. The molecule has 2 rings (SSSR count). The predicted molar refractivity (Wildman–Crippen MR) is 91.1 cm³/mol. The number of nitrogens with one attached hydrogen (secondary N) is 1. The molecular weight excluding hydrogens is 290 g/mol. The van der Waals surface area contributed by atoms with Crippen LogP contribution in [0.3, 0.4) is 0 Å². The van der Waals surface area contributed by atoms with Gasteiger partial charge < -0.3 is 10.1 Å². The minimum Gasteiger partial charge on any atom is -0.457 e. The Kier molecular flexibility index (Phi) is 5.16. The number of amides is 1. The molecule has 1 amide bonds. The Morgan fingerprint density at radius 2 is 1.57 bits per heavy atom. The Morgan fingerprint density at radius 1 is 1.00 bits per heavy atom. The summed E-state index contributed by atoms with van der Waals surface area (Å²) in [5.74, 6) is 1.08. The number of rotatable bonds is 5. The average Bonchev–Trinajstić information content (AvgIpc) is 2.43. The van der Waals surface area contributed by atoms with Crippen LogP contribution in [0.4, 0.5) is 5.69 Å². The van der Waals surface area contributed by atoms with Gasteiger partial charge in [-0.15, -0.1) is 0 Å². The van der Waals surface area contributed by atoms with Crippen molar-refractivity contribution in [3.63, 3.8) is 0 Å². The smallest absolute Gasteiger partial charge is 0.231 e. The number of aryl methyl sites for hydroxylation is 3. The number of carbonyl (C=O) groups is 2. The summed E-state index contributed by atoms with van der Waals surface area (Å²) in [5.41, 5.74) is 4.01. The summed E-state index contributed by atoms with van der Waals surface area (Å²) in [4.78, 5) is 22.5. The third-order valence-electron chi connectivity index (χ3n) is 3.37. The molecule has 0 saturated heterocycles. The van der Waals surface area contributed by atoms with Gasteiger partial charge in [0.15, 0.2) is 0 Å². The number of benzene rings is 2. The molecule has 0 saturated carbocycles. The summed E-state index contributed by atoms with van der Waals surface area (Å²) < 4.78 is 5.95. The van der Waals surface area contributed by atoms with E-state index in [1.165, 1.54) is 12.5 Å². The van der Waals surface area contributed by atoms with Crippen molar-refractivity contribution in [3.05, 3.63) is 53.1 Å². The molecule has 0 aromatic heterocycles. The van der Waals surface area contributed by atoms with Crippen LogP contribution in [0.25, 0.3) is 0 Å². The highest BCUT2D eigenvalue weighted by atomic mass is 16.5. The van der Waals surface area contributed by atoms with Gasteiger partial charge in [-0.25, -0.2) is 0 Å². The first-order valence-electron chi connectivity index (χ1n) is 7.50. The van der Waals surface area contributed by atoms with Crippen LogP contribution in [0, 0.1) is 20.8 Å². The molecule has 0 fully saturated rings. The molecule has 0 unspecified atom stereocenters. The number of hydrogen-bond acceptors (Lipinski definition) is 3. The van der Waals surface area contributed by atoms with Crippen LogP contribution in [0.5, 0.6) is 11.5 Å². The van der Waals surface area contributed by atoms with Crippen molar-refractivity contribution in [2.75, 3.05) is 5.32 Å². The van der Waals surface area contributed by atoms with E-state index < -0.39 is 0 Å². The second-order valence-corrected chi connectivity index (χ2v) is 5.78. The first-order valence-corrected chi connectivity index (χ1v) is 7.50. The Balaban J connectivity index is 2.09. The van der Waals surface area contributed by atoms with Gasteiger partial charge in [-0.05, 0) is 63.1 Å². The van der Waals surface area contributed by atoms with Crippen LogP contribution in [0.1, 0.15) is 30.0 Å². The van der Waals surface area contributed by atoms with E-state index in [9.17, 15) is 9.59 Å². The van der Waals surface area contributed by atoms with Crippen molar-refractivity contribution in [1.82, 2.24) is 0 Å². The molecular formula is C19H21NO3. The van der Waals surface area contributed by atoms with Crippen LogP contribution >= 0.6 is 0 Å². The lowest BCUT2D eigenvalue weighted by molar-refractivity contribution is -0.124. The van der Waals surface area contributed by atoms with E-state index in [1.54, 1.807) is 24.3 Å². The van der Waals surface area contributed by atoms with Crippen LogP contribution in [0.2, 0.25) is 0 Å². The van der Waals surface area contributed by atoms with Gasteiger partial charge in [0.25, 0.3) is 0 Å². The number of Topliss-reactive ketones (excluding diaryl/α,β-unsaturated/α-hetero) is 1. The quantitative estimate of drug-likeness (QED) is 0.837. The van der Waals surface area contributed by atoms with E-state index in [0.717, 1.165) is 16.9 Å². The average molecular weight is 311 g/mol. The molecule has 0 aliphatic heterocycles. The Labute approximate surface area is 136 Å². The monoisotopic (exact) mass is 311 g/mol. The van der Waals surface area contributed by atoms with Crippen molar-refractivity contribution in [3.8, 4) is 11.5 Å². The van der Waals surface area contributed by atoms with Crippen molar-refractivity contribution < 1.29 is 14.3 Å². The number of hydrogen-bond donors (Lipinski definition) is 1. The standard InChI is InChI=1S/C19H21NO3/c1-12-9-13(2)19(14(3)10-12)23-17-7-5-16(6-8-17)20-18(22)11-15(4)21/h5-10H,11H2,1-4H3,(H,20,22). The fourth-order valence-corrected chi connectivity index (χ4v) is 2.48. The van der Waals surface area contributed by atoms with E-state index in [2.05, 4.69) is 24.4 Å². The summed E-state index contributed by atoms with van der Waals surface area (Å²) in [6.07, 6.45) is -0.111. The summed E-state index contributed by atoms with van der Waals surface area (Å²) in [7, 11) is 0. The topological polar surface area (TPSA) is 55.4 Å². The molecule has 2 aromatic rings. The highest BCUT2D eigenvalue weighted by Crippen LogP contribution is 2.30. The van der Waals surface area contributed by atoms with Crippen LogP contribution < -0.4 is 10.1 Å². The molecule has 120 valence electrons. The normalized spacial score (nSPS) is 10.3. The van der Waals surface area contributed by atoms with E-state index in [4.69, 9.17) is 4.74 Å². The molecule has 4 nitrogen and oxygen atoms in total. The van der Waals surface area contributed by atoms with Gasteiger partial charge >= 0.3 is 0 Å². The van der Waals surface area contributed by atoms with E-state index >= 15 is 0 Å². The molecule has 0 radical (unpaired) electrons. The molecule has 0 heterocycles. The molecule has 0 bridgehead atoms. The fraction of sp³-hybridized carbons (Fsp3) is 0.263. The minimum absolute atomic E-state index is 0.111. The zero-order chi connectivity index (χ0) is 17.0. The van der Waals surface area contributed by atoms with Crippen molar-refractivity contribution in [2.45, 2.75) is 34.1 Å². The third kappa shape index (κ3) is 4.68. The maximum Gasteiger partial charge on any atom is 0.231 e. The summed E-state index contributed by atoms with van der Waals surface area (Å²) in [6, 6.07) is 11.3. The van der Waals surface area contributed by atoms with E-state index in [0.29, 0.717) is 11.4 Å². The molecule has 1 N–H and O–H groups in total. The second kappa shape index (κ2) is 7.09. The maximum atomic E-state index is 11.6. The number of anilines is 1. The highest BCUT2D eigenvalue weighted by molar-refractivity contribution is 6.03. The van der Waals surface area contributed by atoms with Crippen molar-refractivity contribution >= 4 is 17.4 Å². The first kappa shape index (κ1) is 16.7. The second-order valence-electron chi connectivity index (χ2n) is 5.78. The van der Waals surface area contributed by atoms with Gasteiger partial charge in [-0.2, -0.15) is 0 Å². The summed E-state index contributed by atoms with van der Waals surface area (Å²) in [6.45, 7) is 7.49. The summed E-state index contributed by atoms with van der Waals surface area (Å²) in [5, 5.41) is 2.68. The molecule has 0 spiro atoms. The molecule has 4 heteroatoms. The molecule has 0 aliphatic carbocycles. The van der Waals surface area contributed by atoms with Gasteiger partial charge in [-0.1, -0.05) is 17.7 Å². The molecule has 0 atom stereocenters. The van der Waals surface area contributed by atoms with Gasteiger partial charge in [0.1, 0.15) is 17.3 Å². The predicted octanol–water partition coefficient (Wildman–Crippen LogP) is 4.32. The van der Waals surface area contributed by atoms with Gasteiger partial charge in [-0.3, -0.25) is 9.59 Å². The lowest BCUT2D eigenvalue weighted by Gasteiger charge is -2.13. The van der Waals surface area contributed by atoms with E-state index in [-0.39, 0.29) is 18.1 Å². The minimum atomic E-state index is -0.309.